The van der Waals surface area contributed by atoms with Gasteiger partial charge in [0.05, 0.1) is 16.8 Å². The number of fused-ring (bicyclic) bond motifs is 1. The van der Waals surface area contributed by atoms with E-state index in [1.165, 1.54) is 22.5 Å². The van der Waals surface area contributed by atoms with Crippen molar-refractivity contribution in [1.29, 1.82) is 0 Å². The van der Waals surface area contributed by atoms with E-state index >= 15 is 0 Å². The minimum atomic E-state index is -0.369. The van der Waals surface area contributed by atoms with Crippen LogP contribution < -0.4 is 10.1 Å². The monoisotopic (exact) mass is 373 g/mol. The van der Waals surface area contributed by atoms with Crippen LogP contribution in [0.3, 0.4) is 0 Å². The molecule has 134 valence electrons. The van der Waals surface area contributed by atoms with Crippen molar-refractivity contribution >= 4 is 33.3 Å². The van der Waals surface area contributed by atoms with Crippen LogP contribution >= 0.6 is 11.3 Å². The molecule has 0 radical (unpaired) electrons. The molecule has 0 saturated carbocycles. The summed E-state index contributed by atoms with van der Waals surface area (Å²) in [6, 6.07) is 25.5. The van der Waals surface area contributed by atoms with Gasteiger partial charge in [0, 0.05) is 5.69 Å². The van der Waals surface area contributed by atoms with E-state index in [1.54, 1.807) is 0 Å². The van der Waals surface area contributed by atoms with Crippen molar-refractivity contribution in [1.82, 2.24) is 4.57 Å². The quantitative estimate of drug-likeness (QED) is 0.528. The number of nitrogens with zero attached hydrogens (tertiary/aromatic N) is 2. The maximum atomic E-state index is 12.4. The van der Waals surface area contributed by atoms with Gasteiger partial charge >= 0.3 is 6.03 Å². The molecule has 0 aliphatic heterocycles. The largest absolute Gasteiger partial charge is 0.348 e. The van der Waals surface area contributed by atoms with Gasteiger partial charge in [-0.25, -0.2) is 4.79 Å². The third-order valence-corrected chi connectivity index (χ3v) is 5.29. The minimum absolute atomic E-state index is 0.369. The normalized spacial score (nSPS) is 11.7. The zero-order valence-corrected chi connectivity index (χ0v) is 15.7. The van der Waals surface area contributed by atoms with Crippen LogP contribution in [0.15, 0.2) is 83.9 Å². The number of rotatable bonds is 3. The molecule has 4 rings (SSSR count). The fraction of sp³-hybridized carbons (Fsp3) is 0.0909. The number of carbonyl (C=O) groups excluding carboxylic acids is 1. The van der Waals surface area contributed by atoms with Crippen molar-refractivity contribution < 1.29 is 4.79 Å². The number of carbonyl (C=O) groups is 1. The van der Waals surface area contributed by atoms with Crippen molar-refractivity contribution in [3.8, 4) is 0 Å². The molecule has 0 fully saturated rings. The van der Waals surface area contributed by atoms with E-state index in [0.29, 0.717) is 11.3 Å². The predicted octanol–water partition coefficient (Wildman–Crippen LogP) is 5.19. The summed E-state index contributed by atoms with van der Waals surface area (Å²) in [5.74, 6) is 0. The van der Waals surface area contributed by atoms with E-state index in [0.717, 1.165) is 15.9 Å². The third-order valence-electron chi connectivity index (χ3n) is 4.24. The van der Waals surface area contributed by atoms with Crippen LogP contribution in [-0.2, 0) is 6.54 Å². The molecule has 0 saturated heterocycles. The summed E-state index contributed by atoms with van der Waals surface area (Å²) in [5.41, 5.74) is 4.18. The summed E-state index contributed by atoms with van der Waals surface area (Å²) in [6.45, 7) is 2.74. The lowest BCUT2D eigenvalue weighted by molar-refractivity contribution is 0.259. The average Bonchev–Trinajstić information content (AvgIpc) is 2.99. The Kier molecular flexibility index (Phi) is 4.85. The van der Waals surface area contributed by atoms with Crippen molar-refractivity contribution in [2.75, 3.05) is 5.32 Å². The van der Waals surface area contributed by atoms with E-state index in [9.17, 15) is 4.79 Å². The Morgan fingerprint density at radius 1 is 1.00 bits per heavy atom. The van der Waals surface area contributed by atoms with E-state index in [4.69, 9.17) is 0 Å². The molecule has 1 N–H and O–H groups in total. The van der Waals surface area contributed by atoms with Gasteiger partial charge in [0.2, 0.25) is 0 Å². The molecule has 0 aliphatic carbocycles. The van der Waals surface area contributed by atoms with Crippen LogP contribution in [0.1, 0.15) is 11.1 Å². The number of hydrogen-bond acceptors (Lipinski definition) is 2. The van der Waals surface area contributed by atoms with Gasteiger partial charge in [-0.2, -0.15) is 4.99 Å². The molecule has 0 atom stereocenters. The van der Waals surface area contributed by atoms with Gasteiger partial charge in [-0.05, 0) is 42.3 Å². The minimum Gasteiger partial charge on any atom is -0.312 e. The number of aryl methyl sites for hydroxylation is 1. The molecule has 3 aromatic carbocycles. The predicted molar refractivity (Wildman–Crippen MR) is 111 cm³/mol. The Morgan fingerprint density at radius 3 is 2.44 bits per heavy atom. The summed E-state index contributed by atoms with van der Waals surface area (Å²) in [6.07, 6.45) is 0. The molecule has 2 amide bonds. The zero-order chi connectivity index (χ0) is 18.6. The van der Waals surface area contributed by atoms with Crippen LogP contribution in [-0.4, -0.2) is 10.6 Å². The van der Waals surface area contributed by atoms with Crippen molar-refractivity contribution in [2.24, 2.45) is 4.99 Å². The Bertz CT molecular complexity index is 1140. The maximum Gasteiger partial charge on any atom is 0.348 e. The number of hydrogen-bond donors (Lipinski definition) is 1. The van der Waals surface area contributed by atoms with Crippen molar-refractivity contribution in [3.63, 3.8) is 0 Å². The molecular weight excluding hydrogens is 354 g/mol. The highest BCUT2D eigenvalue weighted by Gasteiger charge is 2.09. The molecule has 1 heterocycles. The zero-order valence-electron chi connectivity index (χ0n) is 14.9. The second kappa shape index (κ2) is 7.60. The molecule has 27 heavy (non-hydrogen) atoms. The van der Waals surface area contributed by atoms with Crippen molar-refractivity contribution in [2.45, 2.75) is 13.5 Å². The summed E-state index contributed by atoms with van der Waals surface area (Å²) < 4.78 is 3.22. The van der Waals surface area contributed by atoms with Gasteiger partial charge in [0.15, 0.2) is 4.80 Å². The molecule has 4 aromatic rings. The van der Waals surface area contributed by atoms with Gasteiger partial charge in [-0.3, -0.25) is 0 Å². The lowest BCUT2D eigenvalue weighted by atomic mass is 10.2. The number of benzene rings is 3. The van der Waals surface area contributed by atoms with E-state index < -0.39 is 0 Å². The van der Waals surface area contributed by atoms with Crippen LogP contribution in [0.5, 0.6) is 0 Å². The first kappa shape index (κ1) is 17.2. The van der Waals surface area contributed by atoms with Gasteiger partial charge in [0.25, 0.3) is 0 Å². The number of aromatic nitrogens is 1. The number of anilines is 1. The standard InChI is InChI=1S/C22H19N3OS/c1-16-12-13-19-20(14-16)27-22(25(19)15-17-8-4-2-5-9-17)24-21(26)23-18-10-6-3-7-11-18/h2-14H,15H2,1H3,(H,23,26). The first-order valence-corrected chi connectivity index (χ1v) is 9.55. The second-order valence-corrected chi connectivity index (χ2v) is 7.34. The lowest BCUT2D eigenvalue weighted by Gasteiger charge is -2.06. The highest BCUT2D eigenvalue weighted by Crippen LogP contribution is 2.20. The Hall–Kier alpha value is -3.18. The van der Waals surface area contributed by atoms with Gasteiger partial charge in [-0.1, -0.05) is 65.9 Å². The number of nitrogens with one attached hydrogen (secondary N) is 1. The van der Waals surface area contributed by atoms with Crippen LogP contribution in [0, 0.1) is 6.92 Å². The fourth-order valence-corrected chi connectivity index (χ4v) is 4.07. The second-order valence-electron chi connectivity index (χ2n) is 6.34. The SMILES string of the molecule is Cc1ccc2c(c1)sc(=NC(=O)Nc1ccccc1)n2Cc1ccccc1. The Labute approximate surface area is 161 Å². The average molecular weight is 373 g/mol. The maximum absolute atomic E-state index is 12.4. The lowest BCUT2D eigenvalue weighted by Crippen LogP contribution is -2.19. The molecule has 0 spiro atoms. The molecule has 5 heteroatoms. The number of para-hydroxylation sites is 1. The molecular formula is C22H19N3OS. The summed E-state index contributed by atoms with van der Waals surface area (Å²) >= 11 is 1.53. The van der Waals surface area contributed by atoms with E-state index in [1.807, 2.05) is 48.5 Å². The van der Waals surface area contributed by atoms with Gasteiger partial charge < -0.3 is 9.88 Å². The molecule has 4 nitrogen and oxygen atoms in total. The van der Waals surface area contributed by atoms with Gasteiger partial charge in [-0.15, -0.1) is 0 Å². The summed E-state index contributed by atoms with van der Waals surface area (Å²) in [7, 11) is 0. The number of urea groups is 1. The van der Waals surface area contributed by atoms with Gasteiger partial charge in [0.1, 0.15) is 0 Å². The van der Waals surface area contributed by atoms with Crippen LogP contribution in [0.25, 0.3) is 10.2 Å². The smallest absolute Gasteiger partial charge is 0.312 e. The summed E-state index contributed by atoms with van der Waals surface area (Å²) in [5, 5.41) is 2.82. The van der Waals surface area contributed by atoms with Crippen LogP contribution in [0.2, 0.25) is 0 Å². The molecule has 1 aromatic heterocycles. The van der Waals surface area contributed by atoms with Crippen molar-refractivity contribution in [3.05, 3.63) is 94.8 Å². The Balaban J connectivity index is 1.76. The molecule has 0 aliphatic rings. The van der Waals surface area contributed by atoms with E-state index in [-0.39, 0.29) is 6.03 Å². The highest BCUT2D eigenvalue weighted by atomic mass is 32.1. The first-order chi connectivity index (χ1) is 13.2. The first-order valence-electron chi connectivity index (χ1n) is 8.74. The fourth-order valence-electron chi connectivity index (χ4n) is 2.94. The van der Waals surface area contributed by atoms with Crippen LogP contribution in [0.4, 0.5) is 10.5 Å². The highest BCUT2D eigenvalue weighted by molar-refractivity contribution is 7.16. The summed E-state index contributed by atoms with van der Waals surface area (Å²) in [4.78, 5) is 17.5. The molecule has 0 bridgehead atoms. The van der Waals surface area contributed by atoms with E-state index in [2.05, 4.69) is 52.1 Å². The Morgan fingerprint density at radius 2 is 1.70 bits per heavy atom. The third kappa shape index (κ3) is 3.99. The molecule has 0 unspecified atom stereocenters. The number of thiazole rings is 1. The topological polar surface area (TPSA) is 46.4 Å². The number of amides is 2.